The smallest absolute Gasteiger partial charge is 0.268 e. The molecular weight excluding hydrogens is 387 g/mol. The lowest BCUT2D eigenvalue weighted by molar-refractivity contribution is 0.433. The highest BCUT2D eigenvalue weighted by Crippen LogP contribution is 2.30. The van der Waals surface area contributed by atoms with Gasteiger partial charge in [0, 0.05) is 6.54 Å². The summed E-state index contributed by atoms with van der Waals surface area (Å²) >= 11 is 3.26. The summed E-state index contributed by atoms with van der Waals surface area (Å²) in [6.45, 7) is 2.05. The topological polar surface area (TPSA) is 55.1 Å². The number of nitrogens with zero attached hydrogens (tertiary/aromatic N) is 2. The van der Waals surface area contributed by atoms with Crippen molar-refractivity contribution >= 4 is 15.9 Å². The summed E-state index contributed by atoms with van der Waals surface area (Å²) in [5, 5.41) is 10.1. The lowest BCUT2D eigenvalue weighted by Crippen LogP contribution is -2.26. The zero-order valence-electron chi connectivity index (χ0n) is 13.5. The first-order chi connectivity index (χ1) is 12.0. The van der Waals surface area contributed by atoms with Crippen LogP contribution >= 0.6 is 15.9 Å². The van der Waals surface area contributed by atoms with Crippen LogP contribution in [0.2, 0.25) is 0 Å². The molecule has 0 atom stereocenters. The van der Waals surface area contributed by atoms with Gasteiger partial charge in [0.15, 0.2) is 11.6 Å². The van der Waals surface area contributed by atoms with Crippen LogP contribution in [0, 0.1) is 12.7 Å². The van der Waals surface area contributed by atoms with E-state index in [1.54, 1.807) is 13.0 Å². The number of hydrogen-bond acceptors (Lipinski definition) is 3. The number of benzene rings is 2. The Kier molecular flexibility index (Phi) is 4.99. The molecule has 0 aliphatic carbocycles. The highest BCUT2D eigenvalue weighted by atomic mass is 79.9. The zero-order valence-corrected chi connectivity index (χ0v) is 15.1. The Bertz CT molecular complexity index is 971. The van der Waals surface area contributed by atoms with Crippen molar-refractivity contribution in [3.8, 4) is 17.1 Å². The fourth-order valence-electron chi connectivity index (χ4n) is 2.63. The van der Waals surface area contributed by atoms with Crippen molar-refractivity contribution in [2.75, 3.05) is 0 Å². The van der Waals surface area contributed by atoms with E-state index in [2.05, 4.69) is 20.9 Å². The second kappa shape index (κ2) is 7.19. The molecule has 0 spiro atoms. The summed E-state index contributed by atoms with van der Waals surface area (Å²) < 4.78 is 15.6. The van der Waals surface area contributed by atoms with Gasteiger partial charge in [-0.25, -0.2) is 9.37 Å². The Hall–Kier alpha value is -2.47. The van der Waals surface area contributed by atoms with E-state index >= 15 is 0 Å². The van der Waals surface area contributed by atoms with Gasteiger partial charge in [-0.2, -0.15) is 0 Å². The third-order valence-electron chi connectivity index (χ3n) is 3.97. The number of aromatic hydroxyl groups is 1. The number of aryl methyl sites for hydroxylation is 2. The Labute approximate surface area is 152 Å². The molecule has 1 N–H and O–H groups in total. The van der Waals surface area contributed by atoms with E-state index in [9.17, 15) is 14.3 Å². The van der Waals surface area contributed by atoms with Crippen LogP contribution in [-0.2, 0) is 13.0 Å². The molecule has 1 heterocycles. The molecule has 3 aromatic rings. The molecule has 6 heteroatoms. The van der Waals surface area contributed by atoms with Gasteiger partial charge in [0.1, 0.15) is 10.3 Å². The normalized spacial score (nSPS) is 10.8. The van der Waals surface area contributed by atoms with Crippen molar-refractivity contribution in [1.29, 1.82) is 0 Å². The highest BCUT2D eigenvalue weighted by molar-refractivity contribution is 9.10. The Morgan fingerprint density at radius 2 is 1.88 bits per heavy atom. The zero-order chi connectivity index (χ0) is 18.0. The Balaban J connectivity index is 2.11. The minimum absolute atomic E-state index is 0.195. The lowest BCUT2D eigenvalue weighted by Gasteiger charge is -2.15. The molecule has 0 unspecified atom stereocenters. The van der Waals surface area contributed by atoms with Crippen LogP contribution in [-0.4, -0.2) is 14.7 Å². The number of phenols is 1. The minimum atomic E-state index is -0.748. The largest absolute Gasteiger partial charge is 0.504 e. The molecule has 0 fully saturated rings. The van der Waals surface area contributed by atoms with Gasteiger partial charge >= 0.3 is 0 Å². The van der Waals surface area contributed by atoms with Crippen LogP contribution in [0.1, 0.15) is 11.3 Å². The van der Waals surface area contributed by atoms with E-state index in [1.807, 2.05) is 30.3 Å². The van der Waals surface area contributed by atoms with E-state index in [1.165, 1.54) is 10.6 Å². The number of phenolic OH excluding ortho intramolecular Hbond substituents is 1. The number of halogens is 2. The average molecular weight is 403 g/mol. The van der Waals surface area contributed by atoms with Gasteiger partial charge in [0.05, 0.1) is 11.3 Å². The SMILES string of the molecule is Cc1nc(-c2cccc(F)c2O)n(CCc2ccccc2)c(=O)c1Br. The molecule has 0 saturated heterocycles. The lowest BCUT2D eigenvalue weighted by atomic mass is 10.1. The van der Waals surface area contributed by atoms with E-state index in [4.69, 9.17) is 0 Å². The summed E-state index contributed by atoms with van der Waals surface area (Å²) in [5.41, 5.74) is 1.49. The molecule has 4 nitrogen and oxygen atoms in total. The number of rotatable bonds is 4. The van der Waals surface area contributed by atoms with Gasteiger partial charge in [0.2, 0.25) is 0 Å². The van der Waals surface area contributed by atoms with E-state index in [0.29, 0.717) is 23.1 Å². The van der Waals surface area contributed by atoms with Gasteiger partial charge < -0.3 is 5.11 Å². The molecule has 0 aliphatic rings. The van der Waals surface area contributed by atoms with Crippen LogP contribution < -0.4 is 5.56 Å². The second-order valence-corrected chi connectivity index (χ2v) is 6.46. The van der Waals surface area contributed by atoms with Crippen LogP contribution in [0.4, 0.5) is 4.39 Å². The number of para-hydroxylation sites is 1. The monoisotopic (exact) mass is 402 g/mol. The molecule has 2 aromatic carbocycles. The molecule has 128 valence electrons. The van der Waals surface area contributed by atoms with Gasteiger partial charge in [-0.15, -0.1) is 0 Å². The predicted octanol–water partition coefficient (Wildman–Crippen LogP) is 4.07. The Morgan fingerprint density at radius 1 is 1.16 bits per heavy atom. The average Bonchev–Trinajstić information content (AvgIpc) is 2.62. The first-order valence-corrected chi connectivity index (χ1v) is 8.57. The van der Waals surface area contributed by atoms with Crippen molar-refractivity contribution in [2.24, 2.45) is 0 Å². The summed E-state index contributed by atoms with van der Waals surface area (Å²) in [4.78, 5) is 17.1. The van der Waals surface area contributed by atoms with Crippen molar-refractivity contribution in [3.05, 3.63) is 80.4 Å². The highest BCUT2D eigenvalue weighted by Gasteiger charge is 2.18. The molecule has 0 radical (unpaired) electrons. The van der Waals surface area contributed by atoms with Crippen molar-refractivity contribution in [2.45, 2.75) is 19.9 Å². The predicted molar refractivity (Wildman–Crippen MR) is 98.1 cm³/mol. The quantitative estimate of drug-likeness (QED) is 0.715. The molecule has 25 heavy (non-hydrogen) atoms. The maximum Gasteiger partial charge on any atom is 0.268 e. The second-order valence-electron chi connectivity index (χ2n) is 5.66. The van der Waals surface area contributed by atoms with E-state index < -0.39 is 11.6 Å². The summed E-state index contributed by atoms with van der Waals surface area (Å²) in [6, 6.07) is 13.9. The van der Waals surface area contributed by atoms with Crippen LogP contribution in [0.15, 0.2) is 57.8 Å². The molecular formula is C19H16BrFN2O2. The minimum Gasteiger partial charge on any atom is -0.504 e. The van der Waals surface area contributed by atoms with Crippen LogP contribution in [0.25, 0.3) is 11.4 Å². The summed E-state index contributed by atoms with van der Waals surface area (Å²) in [6.07, 6.45) is 0.612. The van der Waals surface area contributed by atoms with Crippen molar-refractivity contribution in [1.82, 2.24) is 9.55 Å². The van der Waals surface area contributed by atoms with E-state index in [-0.39, 0.29) is 16.9 Å². The number of hydrogen-bond donors (Lipinski definition) is 1. The molecule has 0 aliphatic heterocycles. The van der Waals surface area contributed by atoms with E-state index in [0.717, 1.165) is 11.6 Å². The summed E-state index contributed by atoms with van der Waals surface area (Å²) in [5.74, 6) is -1.01. The van der Waals surface area contributed by atoms with Gasteiger partial charge in [-0.1, -0.05) is 36.4 Å². The third-order valence-corrected chi connectivity index (χ3v) is 4.89. The molecule has 1 aromatic heterocycles. The first-order valence-electron chi connectivity index (χ1n) is 7.77. The Morgan fingerprint density at radius 3 is 2.60 bits per heavy atom. The van der Waals surface area contributed by atoms with Crippen LogP contribution in [0.5, 0.6) is 5.75 Å². The molecule has 3 rings (SSSR count). The molecule has 0 saturated carbocycles. The fourth-order valence-corrected chi connectivity index (χ4v) is 2.93. The van der Waals surface area contributed by atoms with Crippen molar-refractivity contribution < 1.29 is 9.50 Å². The summed E-state index contributed by atoms with van der Waals surface area (Å²) in [7, 11) is 0. The van der Waals surface area contributed by atoms with Gasteiger partial charge in [-0.05, 0) is 47.0 Å². The molecule has 0 amide bonds. The van der Waals surface area contributed by atoms with Crippen LogP contribution in [0.3, 0.4) is 0 Å². The maximum absolute atomic E-state index is 13.8. The number of aromatic nitrogens is 2. The maximum atomic E-state index is 13.8. The fraction of sp³-hybridized carbons (Fsp3) is 0.158. The standard InChI is InChI=1S/C19H16BrFN2O2/c1-12-16(20)19(25)23(11-10-13-6-3-2-4-7-13)18(22-12)14-8-5-9-15(21)17(14)24/h2-9,24H,10-11H2,1H3. The third kappa shape index (κ3) is 3.49. The first kappa shape index (κ1) is 17.4. The van der Waals surface area contributed by atoms with Gasteiger partial charge in [0.25, 0.3) is 5.56 Å². The molecule has 0 bridgehead atoms. The van der Waals surface area contributed by atoms with Gasteiger partial charge in [-0.3, -0.25) is 9.36 Å². The van der Waals surface area contributed by atoms with Crippen molar-refractivity contribution in [3.63, 3.8) is 0 Å².